The van der Waals surface area contributed by atoms with Crippen molar-refractivity contribution < 1.29 is 0 Å². The van der Waals surface area contributed by atoms with Crippen molar-refractivity contribution in [3.8, 4) is 0 Å². The third kappa shape index (κ3) is 4.06. The summed E-state index contributed by atoms with van der Waals surface area (Å²) in [5, 5.41) is 0. The first kappa shape index (κ1) is 16.0. The van der Waals surface area contributed by atoms with E-state index in [4.69, 9.17) is 11.5 Å². The SMILES string of the molecule is C/C(=C\N)C1=CCC(C(=NCCN)c2ccccc2)=CC=C1. The zero-order valence-electron chi connectivity index (χ0n) is 13.0. The highest BCUT2D eigenvalue weighted by molar-refractivity contribution is 6.13. The van der Waals surface area contributed by atoms with Crippen LogP contribution < -0.4 is 11.5 Å². The number of nitrogens with zero attached hydrogens (tertiary/aromatic N) is 1. The van der Waals surface area contributed by atoms with Crippen LogP contribution in [0.5, 0.6) is 0 Å². The van der Waals surface area contributed by atoms with Crippen molar-refractivity contribution in [1.29, 1.82) is 0 Å². The van der Waals surface area contributed by atoms with Crippen molar-refractivity contribution in [1.82, 2.24) is 0 Å². The Morgan fingerprint density at radius 1 is 1.27 bits per heavy atom. The van der Waals surface area contributed by atoms with E-state index in [1.807, 2.05) is 25.1 Å². The molecular formula is C19H23N3. The quantitative estimate of drug-likeness (QED) is 0.819. The van der Waals surface area contributed by atoms with Crippen molar-refractivity contribution in [3.63, 3.8) is 0 Å². The Bertz CT molecular complexity index is 647. The smallest absolute Gasteiger partial charge is 0.0682 e. The van der Waals surface area contributed by atoms with Gasteiger partial charge in [-0.3, -0.25) is 4.99 Å². The standard InChI is InChI=1S/C19H23N3/c1-15(14-21)16-8-5-9-18(11-10-16)19(22-13-12-20)17-6-3-2-4-7-17/h2-10,14H,11-13,20-21H2,1H3/b15-14+,22-19?. The molecule has 0 saturated heterocycles. The van der Waals surface area contributed by atoms with E-state index in [2.05, 4.69) is 41.4 Å². The maximum Gasteiger partial charge on any atom is 0.0682 e. The fourth-order valence-electron chi connectivity index (χ4n) is 2.34. The summed E-state index contributed by atoms with van der Waals surface area (Å²) in [4.78, 5) is 4.69. The van der Waals surface area contributed by atoms with Gasteiger partial charge in [-0.25, -0.2) is 0 Å². The minimum absolute atomic E-state index is 0.551. The van der Waals surface area contributed by atoms with Gasteiger partial charge < -0.3 is 11.5 Å². The molecular weight excluding hydrogens is 270 g/mol. The Labute approximate surface area is 132 Å². The lowest BCUT2D eigenvalue weighted by atomic mass is 9.98. The second kappa shape index (κ2) is 8.15. The minimum Gasteiger partial charge on any atom is -0.404 e. The van der Waals surface area contributed by atoms with Gasteiger partial charge in [0.1, 0.15) is 0 Å². The largest absolute Gasteiger partial charge is 0.404 e. The van der Waals surface area contributed by atoms with Crippen LogP contribution in [0, 0.1) is 0 Å². The maximum atomic E-state index is 5.62. The molecule has 22 heavy (non-hydrogen) atoms. The first-order valence-corrected chi connectivity index (χ1v) is 7.53. The number of aliphatic imine (C=N–C) groups is 1. The second-order valence-electron chi connectivity index (χ2n) is 5.15. The lowest BCUT2D eigenvalue weighted by Crippen LogP contribution is -2.10. The molecule has 0 fully saturated rings. The Morgan fingerprint density at radius 3 is 2.73 bits per heavy atom. The molecule has 1 aromatic rings. The van der Waals surface area contributed by atoms with Gasteiger partial charge >= 0.3 is 0 Å². The van der Waals surface area contributed by atoms with E-state index in [-0.39, 0.29) is 0 Å². The summed E-state index contributed by atoms with van der Waals surface area (Å²) >= 11 is 0. The van der Waals surface area contributed by atoms with Crippen molar-refractivity contribution in [2.75, 3.05) is 13.1 Å². The van der Waals surface area contributed by atoms with Gasteiger partial charge in [0.2, 0.25) is 0 Å². The van der Waals surface area contributed by atoms with Crippen LogP contribution >= 0.6 is 0 Å². The fourth-order valence-corrected chi connectivity index (χ4v) is 2.34. The molecule has 0 aromatic heterocycles. The number of rotatable bonds is 5. The zero-order valence-corrected chi connectivity index (χ0v) is 13.0. The zero-order chi connectivity index (χ0) is 15.8. The Morgan fingerprint density at radius 2 is 2.05 bits per heavy atom. The monoisotopic (exact) mass is 293 g/mol. The first-order valence-electron chi connectivity index (χ1n) is 7.53. The molecule has 0 aliphatic heterocycles. The van der Waals surface area contributed by atoms with Gasteiger partial charge in [-0.15, -0.1) is 0 Å². The maximum absolute atomic E-state index is 5.62. The van der Waals surface area contributed by atoms with E-state index in [1.165, 1.54) is 5.57 Å². The number of hydrogen-bond acceptors (Lipinski definition) is 3. The molecule has 3 nitrogen and oxygen atoms in total. The molecule has 0 saturated carbocycles. The van der Waals surface area contributed by atoms with Gasteiger partial charge in [0.25, 0.3) is 0 Å². The molecule has 3 heteroatoms. The highest BCUT2D eigenvalue weighted by Gasteiger charge is 2.10. The van der Waals surface area contributed by atoms with E-state index in [0.717, 1.165) is 28.8 Å². The summed E-state index contributed by atoms with van der Waals surface area (Å²) < 4.78 is 0. The molecule has 1 aliphatic rings. The van der Waals surface area contributed by atoms with E-state index in [1.54, 1.807) is 6.20 Å². The van der Waals surface area contributed by atoms with Crippen LogP contribution in [0.15, 0.2) is 82.5 Å². The summed E-state index contributed by atoms with van der Waals surface area (Å²) in [5.74, 6) is 0. The molecule has 0 atom stereocenters. The average molecular weight is 293 g/mol. The van der Waals surface area contributed by atoms with Crippen LogP contribution in [-0.2, 0) is 0 Å². The highest BCUT2D eigenvalue weighted by Crippen LogP contribution is 2.21. The summed E-state index contributed by atoms with van der Waals surface area (Å²) in [6.07, 6.45) is 10.9. The summed E-state index contributed by atoms with van der Waals surface area (Å²) in [5.41, 5.74) is 16.8. The number of benzene rings is 1. The van der Waals surface area contributed by atoms with Crippen molar-refractivity contribution in [3.05, 3.63) is 83.1 Å². The Kier molecular flexibility index (Phi) is 5.92. The van der Waals surface area contributed by atoms with E-state index in [0.29, 0.717) is 13.1 Å². The number of hydrogen-bond donors (Lipinski definition) is 2. The molecule has 1 aromatic carbocycles. The van der Waals surface area contributed by atoms with Crippen LogP contribution in [0.1, 0.15) is 18.9 Å². The lowest BCUT2D eigenvalue weighted by Gasteiger charge is -2.10. The molecule has 0 unspecified atom stereocenters. The van der Waals surface area contributed by atoms with Crippen molar-refractivity contribution in [2.45, 2.75) is 13.3 Å². The molecule has 4 N–H and O–H groups in total. The van der Waals surface area contributed by atoms with Gasteiger partial charge in [-0.05, 0) is 41.8 Å². The number of allylic oxidation sites excluding steroid dienone is 7. The summed E-state index contributed by atoms with van der Waals surface area (Å²) in [6.45, 7) is 3.20. The van der Waals surface area contributed by atoms with Crippen LogP contribution in [0.25, 0.3) is 0 Å². The summed E-state index contributed by atoms with van der Waals surface area (Å²) in [7, 11) is 0. The van der Waals surface area contributed by atoms with E-state index in [9.17, 15) is 0 Å². The molecule has 0 amide bonds. The molecule has 114 valence electrons. The third-order valence-corrected chi connectivity index (χ3v) is 3.57. The normalized spacial score (nSPS) is 16.1. The Hall–Kier alpha value is -2.39. The predicted octanol–water partition coefficient (Wildman–Crippen LogP) is 3.11. The second-order valence-corrected chi connectivity index (χ2v) is 5.15. The predicted molar refractivity (Wildman–Crippen MR) is 94.8 cm³/mol. The van der Waals surface area contributed by atoms with E-state index < -0.39 is 0 Å². The van der Waals surface area contributed by atoms with Crippen LogP contribution in [0.2, 0.25) is 0 Å². The lowest BCUT2D eigenvalue weighted by molar-refractivity contribution is 0.974. The van der Waals surface area contributed by atoms with Crippen LogP contribution in [0.3, 0.4) is 0 Å². The van der Waals surface area contributed by atoms with Crippen molar-refractivity contribution in [2.24, 2.45) is 16.5 Å². The molecule has 0 bridgehead atoms. The van der Waals surface area contributed by atoms with Gasteiger partial charge in [0.05, 0.1) is 12.3 Å². The van der Waals surface area contributed by atoms with Crippen LogP contribution in [0.4, 0.5) is 0 Å². The van der Waals surface area contributed by atoms with Gasteiger partial charge in [-0.2, -0.15) is 0 Å². The summed E-state index contributed by atoms with van der Waals surface area (Å²) in [6, 6.07) is 10.2. The highest BCUT2D eigenvalue weighted by atomic mass is 14.8. The van der Waals surface area contributed by atoms with Gasteiger partial charge in [-0.1, -0.05) is 54.6 Å². The number of nitrogens with two attached hydrogens (primary N) is 2. The molecule has 0 heterocycles. The molecule has 2 rings (SSSR count). The van der Waals surface area contributed by atoms with E-state index >= 15 is 0 Å². The van der Waals surface area contributed by atoms with Crippen LogP contribution in [-0.4, -0.2) is 18.8 Å². The topological polar surface area (TPSA) is 64.4 Å². The molecule has 0 radical (unpaired) electrons. The average Bonchev–Trinajstić information content (AvgIpc) is 2.82. The van der Waals surface area contributed by atoms with Gasteiger partial charge in [0, 0.05) is 6.54 Å². The fraction of sp³-hybridized carbons (Fsp3) is 0.211. The first-order chi connectivity index (χ1) is 10.8. The molecule has 1 aliphatic carbocycles. The minimum atomic E-state index is 0.551. The third-order valence-electron chi connectivity index (χ3n) is 3.57. The molecule has 0 spiro atoms. The van der Waals surface area contributed by atoms with Crippen molar-refractivity contribution >= 4 is 5.71 Å². The Balaban J connectivity index is 2.33. The van der Waals surface area contributed by atoms with Gasteiger partial charge in [0.15, 0.2) is 0 Å².